The third-order valence-electron chi connectivity index (χ3n) is 4.92. The van der Waals surface area contributed by atoms with Gasteiger partial charge in [-0.15, -0.1) is 0 Å². The number of hydrogen-bond donors (Lipinski definition) is 3. The number of carbonyl (C=O) groups excluding carboxylic acids is 2. The number of anilines is 1. The van der Waals surface area contributed by atoms with Crippen molar-refractivity contribution in [3.05, 3.63) is 94.0 Å². The van der Waals surface area contributed by atoms with Crippen LogP contribution in [0.2, 0.25) is 0 Å². The minimum absolute atomic E-state index is 0.128. The molecule has 3 aromatic rings. The fraction of sp³-hybridized carbons (Fsp3) is 0.130. The molecule has 0 bridgehead atoms. The van der Waals surface area contributed by atoms with Crippen molar-refractivity contribution in [3.8, 4) is 5.75 Å². The number of halogens is 1. The van der Waals surface area contributed by atoms with Gasteiger partial charge in [-0.3, -0.25) is 15.0 Å². The highest BCUT2D eigenvalue weighted by Gasteiger charge is 2.34. The highest BCUT2D eigenvalue weighted by molar-refractivity contribution is 9.10. The maximum absolute atomic E-state index is 13.2. The maximum atomic E-state index is 13.2. The van der Waals surface area contributed by atoms with E-state index >= 15 is 0 Å². The molecule has 4 rings (SSSR count). The zero-order valence-corrected chi connectivity index (χ0v) is 17.6. The number of amides is 2. The Hall–Kier alpha value is -3.32. The molecular formula is C23H20BrN3O3. The molecule has 7 heteroatoms. The van der Waals surface area contributed by atoms with Crippen LogP contribution >= 0.6 is 15.9 Å². The second-order valence-electron chi connectivity index (χ2n) is 7.02. The molecule has 1 aliphatic rings. The molecule has 30 heavy (non-hydrogen) atoms. The summed E-state index contributed by atoms with van der Waals surface area (Å²) in [7, 11) is 0. The SMILES string of the molecule is O=C(CCc1ccccc1)NN1C(=O)c2cc(Br)ccc2NC1c1ccc(O)cc1. The summed E-state index contributed by atoms with van der Waals surface area (Å²) in [5, 5.41) is 14.2. The van der Waals surface area contributed by atoms with Gasteiger partial charge in [0.15, 0.2) is 0 Å². The van der Waals surface area contributed by atoms with Crippen LogP contribution < -0.4 is 10.7 Å². The molecule has 1 heterocycles. The van der Waals surface area contributed by atoms with E-state index in [1.807, 2.05) is 42.5 Å². The molecule has 1 atom stereocenters. The van der Waals surface area contributed by atoms with Crippen molar-refractivity contribution in [2.75, 3.05) is 5.32 Å². The molecule has 2 amide bonds. The molecule has 0 saturated heterocycles. The monoisotopic (exact) mass is 465 g/mol. The summed E-state index contributed by atoms with van der Waals surface area (Å²) in [5.41, 5.74) is 5.69. The Kier molecular flexibility index (Phi) is 5.72. The van der Waals surface area contributed by atoms with Crippen LogP contribution in [0.4, 0.5) is 5.69 Å². The van der Waals surface area contributed by atoms with Crippen LogP contribution in [0.1, 0.15) is 34.1 Å². The largest absolute Gasteiger partial charge is 0.508 e. The summed E-state index contributed by atoms with van der Waals surface area (Å²) >= 11 is 3.39. The van der Waals surface area contributed by atoms with Crippen molar-refractivity contribution in [2.45, 2.75) is 19.0 Å². The number of fused-ring (bicyclic) bond motifs is 1. The number of aryl methyl sites for hydroxylation is 1. The molecule has 3 N–H and O–H groups in total. The van der Waals surface area contributed by atoms with E-state index in [2.05, 4.69) is 26.7 Å². The van der Waals surface area contributed by atoms with E-state index in [4.69, 9.17) is 0 Å². The van der Waals surface area contributed by atoms with Crippen molar-refractivity contribution in [2.24, 2.45) is 0 Å². The van der Waals surface area contributed by atoms with Crippen LogP contribution in [-0.4, -0.2) is 21.9 Å². The van der Waals surface area contributed by atoms with E-state index < -0.39 is 6.17 Å². The van der Waals surface area contributed by atoms with Gasteiger partial charge in [0, 0.05) is 16.6 Å². The molecule has 152 valence electrons. The Labute approximate surface area is 182 Å². The topological polar surface area (TPSA) is 81.7 Å². The molecule has 0 fully saturated rings. The number of hydrazine groups is 1. The van der Waals surface area contributed by atoms with Crippen molar-refractivity contribution in [1.29, 1.82) is 0 Å². The normalized spacial score (nSPS) is 15.3. The predicted octanol–water partition coefficient (Wildman–Crippen LogP) is 4.39. The van der Waals surface area contributed by atoms with Crippen LogP contribution in [0.25, 0.3) is 0 Å². The molecule has 0 saturated carbocycles. The second kappa shape index (κ2) is 8.59. The van der Waals surface area contributed by atoms with Crippen molar-refractivity contribution >= 4 is 33.4 Å². The Balaban J connectivity index is 1.58. The molecule has 0 aliphatic carbocycles. The first-order valence-electron chi connectivity index (χ1n) is 9.53. The number of phenols is 1. The molecule has 1 aliphatic heterocycles. The van der Waals surface area contributed by atoms with E-state index in [-0.39, 0.29) is 24.0 Å². The van der Waals surface area contributed by atoms with E-state index in [1.165, 1.54) is 5.01 Å². The summed E-state index contributed by atoms with van der Waals surface area (Å²) in [6, 6.07) is 21.6. The summed E-state index contributed by atoms with van der Waals surface area (Å²) < 4.78 is 0.773. The minimum atomic E-state index is -0.604. The average molecular weight is 466 g/mol. The molecule has 3 aromatic carbocycles. The van der Waals surface area contributed by atoms with Gasteiger partial charge in [0.05, 0.1) is 5.56 Å². The van der Waals surface area contributed by atoms with Gasteiger partial charge >= 0.3 is 0 Å². The number of hydrogen-bond acceptors (Lipinski definition) is 4. The number of aromatic hydroxyl groups is 1. The first-order valence-corrected chi connectivity index (χ1v) is 10.3. The minimum Gasteiger partial charge on any atom is -0.508 e. The Bertz CT molecular complexity index is 1070. The predicted molar refractivity (Wildman–Crippen MR) is 118 cm³/mol. The molecule has 1 unspecified atom stereocenters. The Morgan fingerprint density at radius 2 is 1.80 bits per heavy atom. The van der Waals surface area contributed by atoms with Crippen molar-refractivity contribution < 1.29 is 14.7 Å². The fourth-order valence-electron chi connectivity index (χ4n) is 3.38. The van der Waals surface area contributed by atoms with Gasteiger partial charge in [0.25, 0.3) is 5.91 Å². The highest BCUT2D eigenvalue weighted by Crippen LogP contribution is 2.34. The summed E-state index contributed by atoms with van der Waals surface area (Å²) in [6.45, 7) is 0. The number of nitrogens with one attached hydrogen (secondary N) is 2. The molecule has 0 spiro atoms. The molecule has 0 radical (unpaired) electrons. The van der Waals surface area contributed by atoms with Crippen molar-refractivity contribution in [3.63, 3.8) is 0 Å². The van der Waals surface area contributed by atoms with Gasteiger partial charge in [0.1, 0.15) is 11.9 Å². The van der Waals surface area contributed by atoms with E-state index in [1.54, 1.807) is 30.3 Å². The lowest BCUT2D eigenvalue weighted by Gasteiger charge is -2.38. The summed E-state index contributed by atoms with van der Waals surface area (Å²) in [4.78, 5) is 25.9. The number of nitrogens with zero attached hydrogens (tertiary/aromatic N) is 1. The van der Waals surface area contributed by atoms with Crippen LogP contribution in [0.3, 0.4) is 0 Å². The number of carbonyl (C=O) groups is 2. The number of phenolic OH excluding ortho intramolecular Hbond substituents is 1. The second-order valence-corrected chi connectivity index (χ2v) is 7.94. The Morgan fingerprint density at radius 1 is 1.07 bits per heavy atom. The van der Waals surface area contributed by atoms with Crippen LogP contribution in [-0.2, 0) is 11.2 Å². The zero-order valence-electron chi connectivity index (χ0n) is 16.0. The molecule has 6 nitrogen and oxygen atoms in total. The smallest absolute Gasteiger partial charge is 0.276 e. The van der Waals surface area contributed by atoms with E-state index in [0.29, 0.717) is 17.7 Å². The van der Waals surface area contributed by atoms with Gasteiger partial charge in [-0.25, -0.2) is 5.01 Å². The maximum Gasteiger partial charge on any atom is 0.276 e. The van der Waals surface area contributed by atoms with Gasteiger partial charge in [-0.05, 0) is 47.9 Å². The third-order valence-corrected chi connectivity index (χ3v) is 5.41. The third kappa shape index (κ3) is 4.31. The van der Waals surface area contributed by atoms with Crippen LogP contribution in [0, 0.1) is 0 Å². The summed E-state index contributed by atoms with van der Waals surface area (Å²) in [6.07, 6.45) is 0.225. The van der Waals surface area contributed by atoms with Crippen LogP contribution in [0.15, 0.2) is 77.3 Å². The summed E-state index contributed by atoms with van der Waals surface area (Å²) in [5.74, 6) is -0.434. The highest BCUT2D eigenvalue weighted by atomic mass is 79.9. The lowest BCUT2D eigenvalue weighted by molar-refractivity contribution is -0.125. The van der Waals surface area contributed by atoms with Gasteiger partial charge in [-0.2, -0.15) is 0 Å². The number of rotatable bonds is 5. The Morgan fingerprint density at radius 3 is 2.53 bits per heavy atom. The van der Waals surface area contributed by atoms with Gasteiger partial charge in [0.2, 0.25) is 5.91 Å². The average Bonchev–Trinajstić information content (AvgIpc) is 2.76. The standard InChI is InChI=1S/C23H20BrN3O3/c24-17-9-12-20-19(14-17)23(30)27(22(25-20)16-7-10-18(28)11-8-16)26-21(29)13-6-15-4-2-1-3-5-15/h1-5,7-12,14,22,25,28H,6,13H2,(H,26,29). The van der Waals surface area contributed by atoms with Gasteiger partial charge < -0.3 is 10.4 Å². The fourth-order valence-corrected chi connectivity index (χ4v) is 3.74. The van der Waals surface area contributed by atoms with Crippen LogP contribution in [0.5, 0.6) is 5.75 Å². The first-order chi connectivity index (χ1) is 14.5. The number of benzene rings is 3. The molecule has 0 aromatic heterocycles. The lowest BCUT2D eigenvalue weighted by Crippen LogP contribution is -2.52. The first kappa shape index (κ1) is 20.0. The van der Waals surface area contributed by atoms with E-state index in [0.717, 1.165) is 15.6 Å². The quantitative estimate of drug-likeness (QED) is 0.521. The lowest BCUT2D eigenvalue weighted by atomic mass is 10.0. The van der Waals surface area contributed by atoms with E-state index in [9.17, 15) is 14.7 Å². The van der Waals surface area contributed by atoms with Crippen molar-refractivity contribution in [1.82, 2.24) is 10.4 Å². The zero-order chi connectivity index (χ0) is 21.1. The molecular weight excluding hydrogens is 446 g/mol. The van der Waals surface area contributed by atoms with Gasteiger partial charge in [-0.1, -0.05) is 58.4 Å².